The van der Waals surface area contributed by atoms with Crippen molar-refractivity contribution in [1.82, 2.24) is 24.6 Å². The molecule has 1 aliphatic heterocycles. The van der Waals surface area contributed by atoms with Gasteiger partial charge in [-0.1, -0.05) is 70.6 Å². The van der Waals surface area contributed by atoms with Crippen molar-refractivity contribution in [3.8, 4) is 5.75 Å². The molecule has 1 aromatic carbocycles. The van der Waals surface area contributed by atoms with E-state index in [1.807, 2.05) is 0 Å². The summed E-state index contributed by atoms with van der Waals surface area (Å²) in [7, 11) is -4.26. The summed E-state index contributed by atoms with van der Waals surface area (Å²) in [6, 6.07) is 7.38. The molecule has 0 unspecified atom stereocenters. The molecular formula is C33H50FN6O7P. The fourth-order valence-corrected chi connectivity index (χ4v) is 7.22. The highest BCUT2D eigenvalue weighted by atomic mass is 31.2. The van der Waals surface area contributed by atoms with Gasteiger partial charge in [0.15, 0.2) is 17.0 Å². The van der Waals surface area contributed by atoms with Crippen molar-refractivity contribution in [2.24, 2.45) is 0 Å². The lowest BCUT2D eigenvalue weighted by atomic mass is 10.0. The molecule has 0 saturated carbocycles. The van der Waals surface area contributed by atoms with Crippen LogP contribution >= 0.6 is 7.75 Å². The summed E-state index contributed by atoms with van der Waals surface area (Å²) in [5.41, 5.74) is 4.70. The lowest BCUT2D eigenvalue weighted by Crippen LogP contribution is -2.42. The first-order chi connectivity index (χ1) is 23.0. The van der Waals surface area contributed by atoms with Crippen molar-refractivity contribution in [2.45, 2.75) is 128 Å². The number of anilines is 1. The summed E-state index contributed by atoms with van der Waals surface area (Å²) in [6.07, 6.45) is 8.36. The van der Waals surface area contributed by atoms with Crippen LogP contribution in [0.2, 0.25) is 0 Å². The number of hydrogen-bond donors (Lipinski definition) is 3. The zero-order valence-corrected chi connectivity index (χ0v) is 29.2. The Morgan fingerprint density at radius 3 is 2.46 bits per heavy atom. The number of nitrogens with two attached hydrogens (primary N) is 1. The number of fused-ring (bicyclic) bond motifs is 1. The van der Waals surface area contributed by atoms with Crippen molar-refractivity contribution in [3.63, 3.8) is 0 Å². The molecule has 2 aromatic heterocycles. The fraction of sp³-hybridized carbons (Fsp3) is 0.636. The van der Waals surface area contributed by atoms with Gasteiger partial charge in [-0.3, -0.25) is 13.9 Å². The molecule has 0 aliphatic carbocycles. The van der Waals surface area contributed by atoms with Crippen molar-refractivity contribution in [3.05, 3.63) is 42.7 Å². The molecule has 0 bridgehead atoms. The van der Waals surface area contributed by atoms with E-state index in [0.29, 0.717) is 0 Å². The summed E-state index contributed by atoms with van der Waals surface area (Å²) in [6.45, 7) is 7.06. The molecule has 13 nitrogen and oxygen atoms in total. The number of ether oxygens (including phenoxy) is 2. The number of aliphatic hydroxyl groups excluding tert-OH is 1. The van der Waals surface area contributed by atoms with Gasteiger partial charge >= 0.3 is 19.8 Å². The Kier molecular flexibility index (Phi) is 13.7. The largest absolute Gasteiger partial charge is 0.461 e. The van der Waals surface area contributed by atoms with E-state index in [-0.39, 0.29) is 41.9 Å². The Morgan fingerprint density at radius 2 is 1.81 bits per heavy atom. The van der Waals surface area contributed by atoms with Crippen LogP contribution in [-0.2, 0) is 23.4 Å². The highest BCUT2D eigenvalue weighted by molar-refractivity contribution is 7.52. The summed E-state index contributed by atoms with van der Waals surface area (Å²) >= 11 is 0. The van der Waals surface area contributed by atoms with Gasteiger partial charge < -0.3 is 24.8 Å². The first-order valence-corrected chi connectivity index (χ1v) is 18.5. The molecular weight excluding hydrogens is 642 g/mol. The van der Waals surface area contributed by atoms with Gasteiger partial charge in [-0.15, -0.1) is 0 Å². The van der Waals surface area contributed by atoms with Gasteiger partial charge in [0.1, 0.15) is 29.7 Å². The van der Waals surface area contributed by atoms with Crippen LogP contribution in [0, 0.1) is 6.08 Å². The zero-order valence-electron chi connectivity index (χ0n) is 28.3. The number of halogens is 1. The molecule has 1 fully saturated rings. The molecule has 266 valence electrons. The third-order valence-corrected chi connectivity index (χ3v) is 10.1. The number of para-hydroxylation sites is 1. The van der Waals surface area contributed by atoms with Crippen LogP contribution in [-0.4, -0.2) is 61.1 Å². The number of aliphatic hydroxyl groups is 1. The zero-order chi connectivity index (χ0) is 34.7. The monoisotopic (exact) mass is 692 g/mol. The minimum Gasteiger partial charge on any atom is -0.461 e. The number of carbonyl (C=O) groups excluding carboxylic acids is 1. The Morgan fingerprint density at radius 1 is 1.15 bits per heavy atom. The molecule has 1 aliphatic rings. The maximum absolute atomic E-state index is 14.2. The van der Waals surface area contributed by atoms with Gasteiger partial charge in [-0.25, -0.2) is 9.55 Å². The van der Waals surface area contributed by atoms with Gasteiger partial charge in [0, 0.05) is 6.42 Å². The average molecular weight is 693 g/mol. The lowest BCUT2D eigenvalue weighted by Gasteiger charge is -2.30. The van der Waals surface area contributed by atoms with Crippen molar-refractivity contribution >= 4 is 30.7 Å². The van der Waals surface area contributed by atoms with Gasteiger partial charge in [-0.2, -0.15) is 19.4 Å². The van der Waals surface area contributed by atoms with Crippen LogP contribution in [0.25, 0.3) is 11.2 Å². The number of unbranched alkanes of at least 4 members (excludes halogenated alkanes) is 6. The molecule has 4 rings (SSSR count). The molecule has 0 spiro atoms. The van der Waals surface area contributed by atoms with Crippen LogP contribution < -0.4 is 15.3 Å². The van der Waals surface area contributed by atoms with E-state index in [1.165, 1.54) is 10.9 Å². The van der Waals surface area contributed by atoms with Crippen LogP contribution in [0.4, 0.5) is 10.2 Å². The van der Waals surface area contributed by atoms with E-state index in [9.17, 15) is 18.9 Å². The Bertz CT molecular complexity index is 1500. The minimum atomic E-state index is -4.26. The quantitative estimate of drug-likeness (QED) is 0.0501. The van der Waals surface area contributed by atoms with Crippen LogP contribution in [0.3, 0.4) is 0 Å². The van der Waals surface area contributed by atoms with E-state index in [2.05, 4.69) is 33.9 Å². The van der Waals surface area contributed by atoms with Crippen molar-refractivity contribution < 1.29 is 37.4 Å². The standard InChI is InChI=1S/C33H50FN6O7P/c1-5-7-9-12-16-24(17-13-10-8-6-2)45-31(42)23(3)39-48(43,47-25-18-14-11-15-19-25)44-21-33(4)26(41)20-27(46-33)40-22-36-28-29(35)37-32(34)38-30(28)40/h11,14-15,18-19,22-24,26-27,41H,5-10,12-13,16-17,20-21H2,1-4H3,(H,39,43)(H2,35,37,38)/t23-,26-,27+,33+,48-/m0/s1. The third-order valence-electron chi connectivity index (χ3n) is 8.50. The number of benzene rings is 1. The smallest absolute Gasteiger partial charge is 0.459 e. The number of aromatic nitrogens is 4. The summed E-state index contributed by atoms with van der Waals surface area (Å²) in [5, 5.41) is 13.8. The number of carbonyl (C=O) groups is 1. The first-order valence-electron chi connectivity index (χ1n) is 17.0. The predicted octanol–water partition coefficient (Wildman–Crippen LogP) is 6.62. The van der Waals surface area contributed by atoms with Crippen LogP contribution in [0.1, 0.15) is 105 Å². The van der Waals surface area contributed by atoms with Crippen molar-refractivity contribution in [1.29, 1.82) is 0 Å². The Labute approximate surface area is 281 Å². The first kappa shape index (κ1) is 37.7. The highest BCUT2D eigenvalue weighted by Gasteiger charge is 2.48. The van der Waals surface area contributed by atoms with Gasteiger partial charge in [0.05, 0.1) is 19.0 Å². The second-order valence-electron chi connectivity index (χ2n) is 12.6. The fourth-order valence-electron chi connectivity index (χ4n) is 5.64. The molecule has 3 aromatic rings. The molecule has 0 amide bonds. The van der Waals surface area contributed by atoms with E-state index in [4.69, 9.17) is 24.3 Å². The Hall–Kier alpha value is -3.16. The Balaban J connectivity index is 1.45. The average Bonchev–Trinajstić information content (AvgIpc) is 3.61. The number of rotatable bonds is 20. The number of nitrogens with zero attached hydrogens (tertiary/aromatic N) is 4. The summed E-state index contributed by atoms with van der Waals surface area (Å²) in [4.78, 5) is 24.8. The van der Waals surface area contributed by atoms with E-state index >= 15 is 0 Å². The number of nitrogens with one attached hydrogen (secondary N) is 1. The molecule has 4 N–H and O–H groups in total. The molecule has 0 radical (unpaired) electrons. The molecule has 5 atom stereocenters. The summed E-state index contributed by atoms with van der Waals surface area (Å²) < 4.78 is 53.5. The SMILES string of the molecule is CCCCCCC(CCCCCC)OC(=O)[C@H](C)N[P@](=O)(OC[C@@]1(C)O[C@@H](n2cnc3c(N)nc(F)nc32)C[C@@H]1O)Oc1ccccc1. The van der Waals surface area contributed by atoms with E-state index < -0.39 is 43.8 Å². The second kappa shape index (κ2) is 17.5. The predicted molar refractivity (Wildman–Crippen MR) is 179 cm³/mol. The molecule has 3 heterocycles. The number of hydrogen-bond acceptors (Lipinski definition) is 11. The maximum Gasteiger partial charge on any atom is 0.459 e. The third kappa shape index (κ3) is 10.2. The number of imidazole rings is 1. The summed E-state index contributed by atoms with van der Waals surface area (Å²) in [5.74, 6) is -0.438. The van der Waals surface area contributed by atoms with Gasteiger partial charge in [0.25, 0.3) is 0 Å². The van der Waals surface area contributed by atoms with Crippen molar-refractivity contribution in [2.75, 3.05) is 12.3 Å². The normalized spacial score (nSPS) is 21.4. The van der Waals surface area contributed by atoms with Crippen LogP contribution in [0.5, 0.6) is 5.75 Å². The molecule has 1 saturated heterocycles. The minimum absolute atomic E-state index is 0.0642. The topological polar surface area (TPSA) is 173 Å². The maximum atomic E-state index is 14.2. The van der Waals surface area contributed by atoms with E-state index in [0.717, 1.165) is 64.2 Å². The molecule has 48 heavy (non-hydrogen) atoms. The number of nitrogen functional groups attached to an aromatic ring is 1. The lowest BCUT2D eigenvalue weighted by molar-refractivity contribution is -0.151. The van der Waals surface area contributed by atoms with Gasteiger partial charge in [-0.05, 0) is 51.7 Å². The highest BCUT2D eigenvalue weighted by Crippen LogP contribution is 2.48. The van der Waals surface area contributed by atoms with Crippen LogP contribution in [0.15, 0.2) is 36.7 Å². The van der Waals surface area contributed by atoms with Gasteiger partial charge in [0.2, 0.25) is 0 Å². The van der Waals surface area contributed by atoms with E-state index in [1.54, 1.807) is 44.2 Å². The molecule has 15 heteroatoms. The second-order valence-corrected chi connectivity index (χ2v) is 14.3. The number of esters is 1.